The maximum atomic E-state index is 12.2. The molecule has 3 aromatic rings. The normalized spacial score (nSPS) is 10.2. The molecule has 5 nitrogen and oxygen atoms in total. The molecule has 0 atom stereocenters. The van der Waals surface area contributed by atoms with Gasteiger partial charge in [-0.25, -0.2) is 0 Å². The van der Waals surface area contributed by atoms with Crippen LogP contribution in [0.3, 0.4) is 0 Å². The smallest absolute Gasteiger partial charge is 0.262 e. The molecule has 1 N–H and O–H groups in total. The highest BCUT2D eigenvalue weighted by molar-refractivity contribution is 5.93. The zero-order valence-electron chi connectivity index (χ0n) is 16.5. The van der Waals surface area contributed by atoms with Gasteiger partial charge in [0, 0.05) is 0 Å². The van der Waals surface area contributed by atoms with E-state index >= 15 is 0 Å². The summed E-state index contributed by atoms with van der Waals surface area (Å²) in [5.41, 5.74) is 1.74. The molecule has 0 saturated heterocycles. The molecule has 5 heteroatoms. The van der Waals surface area contributed by atoms with Crippen molar-refractivity contribution in [3.8, 4) is 17.2 Å². The van der Waals surface area contributed by atoms with Crippen molar-refractivity contribution in [1.29, 1.82) is 0 Å². The first-order chi connectivity index (χ1) is 14.2. The summed E-state index contributed by atoms with van der Waals surface area (Å²) in [4.78, 5) is 12.2. The third-order valence-corrected chi connectivity index (χ3v) is 4.06. The fourth-order valence-electron chi connectivity index (χ4n) is 2.62. The molecule has 0 heterocycles. The predicted octanol–water partition coefficient (Wildman–Crippen LogP) is 5.07. The lowest BCUT2D eigenvalue weighted by Gasteiger charge is -2.12. The van der Waals surface area contributed by atoms with E-state index in [0.29, 0.717) is 30.4 Å². The molecule has 0 radical (unpaired) electrons. The minimum absolute atomic E-state index is 0.0909. The average molecular weight is 391 g/mol. The number of benzene rings is 3. The van der Waals surface area contributed by atoms with Crippen molar-refractivity contribution in [3.63, 3.8) is 0 Å². The molecule has 29 heavy (non-hydrogen) atoms. The first kappa shape index (κ1) is 20.3. The predicted molar refractivity (Wildman–Crippen MR) is 114 cm³/mol. The highest BCUT2D eigenvalue weighted by Gasteiger charge is 2.08. The third kappa shape index (κ3) is 6.57. The molecule has 0 aliphatic heterocycles. The maximum absolute atomic E-state index is 12.2. The summed E-state index contributed by atoms with van der Waals surface area (Å²) in [6.07, 6.45) is 0.899. The second-order valence-corrected chi connectivity index (χ2v) is 6.43. The lowest BCUT2D eigenvalue weighted by molar-refractivity contribution is -0.118. The molecule has 0 aliphatic rings. The number of anilines is 1. The molecule has 0 aromatic heterocycles. The minimum Gasteiger partial charge on any atom is -0.491 e. The van der Waals surface area contributed by atoms with Gasteiger partial charge in [0.05, 0.1) is 12.3 Å². The fourth-order valence-corrected chi connectivity index (χ4v) is 2.62. The van der Waals surface area contributed by atoms with E-state index in [1.807, 2.05) is 73.7 Å². The Bertz CT molecular complexity index is 894. The molecule has 150 valence electrons. The van der Waals surface area contributed by atoms with Crippen molar-refractivity contribution in [3.05, 3.63) is 84.4 Å². The zero-order chi connectivity index (χ0) is 20.3. The summed E-state index contributed by atoms with van der Waals surface area (Å²) >= 11 is 0. The van der Waals surface area contributed by atoms with Gasteiger partial charge in [0.2, 0.25) is 0 Å². The molecule has 3 rings (SSSR count). The Hall–Kier alpha value is -3.47. The second-order valence-electron chi connectivity index (χ2n) is 6.43. The Labute approximate surface area is 171 Å². The molecule has 0 saturated carbocycles. The van der Waals surface area contributed by atoms with Gasteiger partial charge in [0.1, 0.15) is 23.9 Å². The number of hydrogen-bond acceptors (Lipinski definition) is 4. The van der Waals surface area contributed by atoms with Gasteiger partial charge in [-0.05, 0) is 48.4 Å². The van der Waals surface area contributed by atoms with E-state index in [1.165, 1.54) is 0 Å². The van der Waals surface area contributed by atoms with Crippen LogP contribution in [0.1, 0.15) is 18.9 Å². The van der Waals surface area contributed by atoms with E-state index in [9.17, 15) is 4.79 Å². The SMILES string of the molecule is CCCOc1ccccc1NC(=O)COc1ccc(OCc2ccccc2)cc1. The molecular formula is C24H25NO4. The number of nitrogens with one attached hydrogen (secondary N) is 1. The summed E-state index contributed by atoms with van der Waals surface area (Å²) in [6.45, 7) is 3.05. The topological polar surface area (TPSA) is 56.8 Å². The van der Waals surface area contributed by atoms with Crippen LogP contribution < -0.4 is 19.5 Å². The first-order valence-electron chi connectivity index (χ1n) is 9.66. The van der Waals surface area contributed by atoms with Gasteiger partial charge >= 0.3 is 0 Å². The number of rotatable bonds is 10. The number of para-hydroxylation sites is 2. The number of amides is 1. The van der Waals surface area contributed by atoms with Gasteiger partial charge in [-0.3, -0.25) is 4.79 Å². The third-order valence-electron chi connectivity index (χ3n) is 4.06. The van der Waals surface area contributed by atoms with Crippen molar-refractivity contribution >= 4 is 11.6 Å². The van der Waals surface area contributed by atoms with Gasteiger partial charge in [-0.1, -0.05) is 49.4 Å². The summed E-state index contributed by atoms with van der Waals surface area (Å²) in [6, 6.07) is 24.5. The van der Waals surface area contributed by atoms with Gasteiger partial charge in [-0.2, -0.15) is 0 Å². The fraction of sp³-hybridized carbons (Fsp3) is 0.208. The van der Waals surface area contributed by atoms with Crippen LogP contribution in [-0.2, 0) is 11.4 Å². The van der Waals surface area contributed by atoms with E-state index in [1.54, 1.807) is 12.1 Å². The van der Waals surface area contributed by atoms with Crippen LogP contribution in [0, 0.1) is 0 Å². The van der Waals surface area contributed by atoms with Crippen LogP contribution in [0.15, 0.2) is 78.9 Å². The largest absolute Gasteiger partial charge is 0.491 e. The molecule has 0 bridgehead atoms. The van der Waals surface area contributed by atoms with Crippen LogP contribution in [0.25, 0.3) is 0 Å². The minimum atomic E-state index is -0.248. The van der Waals surface area contributed by atoms with Crippen molar-refractivity contribution in [2.75, 3.05) is 18.5 Å². The van der Waals surface area contributed by atoms with E-state index < -0.39 is 0 Å². The van der Waals surface area contributed by atoms with Gasteiger partial charge in [-0.15, -0.1) is 0 Å². The number of hydrogen-bond donors (Lipinski definition) is 1. The van der Waals surface area contributed by atoms with Crippen molar-refractivity contribution in [1.82, 2.24) is 0 Å². The monoisotopic (exact) mass is 391 g/mol. The molecule has 0 spiro atoms. The van der Waals surface area contributed by atoms with Crippen LogP contribution in [0.4, 0.5) is 5.69 Å². The lowest BCUT2D eigenvalue weighted by Crippen LogP contribution is -2.20. The average Bonchev–Trinajstić information content (AvgIpc) is 2.77. The Morgan fingerprint density at radius 1 is 0.793 bits per heavy atom. The molecular weight excluding hydrogens is 366 g/mol. The van der Waals surface area contributed by atoms with Crippen LogP contribution in [-0.4, -0.2) is 19.1 Å². The number of carbonyl (C=O) groups is 1. The van der Waals surface area contributed by atoms with Crippen LogP contribution >= 0.6 is 0 Å². The molecule has 0 fully saturated rings. The Morgan fingerprint density at radius 2 is 1.45 bits per heavy atom. The van der Waals surface area contributed by atoms with E-state index in [2.05, 4.69) is 5.32 Å². The van der Waals surface area contributed by atoms with E-state index in [0.717, 1.165) is 17.7 Å². The van der Waals surface area contributed by atoms with Crippen LogP contribution in [0.2, 0.25) is 0 Å². The second kappa shape index (κ2) is 10.8. The van der Waals surface area contributed by atoms with Crippen LogP contribution in [0.5, 0.6) is 17.2 Å². The zero-order valence-corrected chi connectivity index (χ0v) is 16.5. The lowest BCUT2D eigenvalue weighted by atomic mass is 10.2. The Kier molecular flexibility index (Phi) is 7.52. The Morgan fingerprint density at radius 3 is 2.17 bits per heavy atom. The summed E-state index contributed by atoms with van der Waals surface area (Å²) in [5, 5.41) is 2.83. The van der Waals surface area contributed by atoms with Gasteiger partial charge < -0.3 is 19.5 Å². The molecule has 0 aliphatic carbocycles. The van der Waals surface area contributed by atoms with Crippen molar-refractivity contribution < 1.29 is 19.0 Å². The Balaban J connectivity index is 1.47. The first-order valence-corrected chi connectivity index (χ1v) is 9.66. The highest BCUT2D eigenvalue weighted by Crippen LogP contribution is 2.24. The molecule has 3 aromatic carbocycles. The van der Waals surface area contributed by atoms with Gasteiger partial charge in [0.15, 0.2) is 6.61 Å². The van der Waals surface area contributed by atoms with Crippen molar-refractivity contribution in [2.24, 2.45) is 0 Å². The standard InChI is InChI=1S/C24H25NO4/c1-2-16-27-23-11-7-6-10-22(23)25-24(26)18-29-21-14-12-20(13-15-21)28-17-19-8-4-3-5-9-19/h3-15H,2,16-18H2,1H3,(H,25,26). The maximum Gasteiger partial charge on any atom is 0.262 e. The quantitative estimate of drug-likeness (QED) is 0.524. The van der Waals surface area contributed by atoms with E-state index in [-0.39, 0.29) is 12.5 Å². The van der Waals surface area contributed by atoms with Gasteiger partial charge in [0.25, 0.3) is 5.91 Å². The van der Waals surface area contributed by atoms with Crippen molar-refractivity contribution in [2.45, 2.75) is 20.0 Å². The molecule has 0 unspecified atom stereocenters. The summed E-state index contributed by atoms with van der Waals surface area (Å²) < 4.78 is 17.0. The number of ether oxygens (including phenoxy) is 3. The highest BCUT2D eigenvalue weighted by atomic mass is 16.5. The summed E-state index contributed by atoms with van der Waals surface area (Å²) in [5.74, 6) is 1.75. The molecule has 1 amide bonds. The summed E-state index contributed by atoms with van der Waals surface area (Å²) in [7, 11) is 0. The number of carbonyl (C=O) groups excluding carboxylic acids is 1. The van der Waals surface area contributed by atoms with E-state index in [4.69, 9.17) is 14.2 Å².